The molecule has 0 spiro atoms. The van der Waals surface area contributed by atoms with Gasteiger partial charge in [-0.25, -0.2) is 0 Å². The molecule has 1 aromatic rings. The summed E-state index contributed by atoms with van der Waals surface area (Å²) in [6.07, 6.45) is 5.70. The van der Waals surface area contributed by atoms with E-state index in [1.165, 1.54) is 6.42 Å². The molecular formula is C10H18N4. The normalized spacial score (nSPS) is 31.0. The van der Waals surface area contributed by atoms with Gasteiger partial charge >= 0.3 is 0 Å². The van der Waals surface area contributed by atoms with Crippen LogP contribution in [0.5, 0.6) is 0 Å². The Morgan fingerprint density at radius 2 is 2.14 bits per heavy atom. The number of nitrogens with zero attached hydrogens (tertiary/aromatic N) is 3. The smallest absolute Gasteiger partial charge is 0.119 e. The molecule has 1 aliphatic rings. The summed E-state index contributed by atoms with van der Waals surface area (Å²) in [7, 11) is 0. The Bertz CT molecular complexity index is 293. The predicted octanol–water partition coefficient (Wildman–Crippen LogP) is 1.04. The minimum Gasteiger partial charge on any atom is -0.325 e. The van der Waals surface area contributed by atoms with Crippen LogP contribution in [0.1, 0.15) is 26.7 Å². The zero-order valence-corrected chi connectivity index (χ0v) is 8.85. The molecule has 0 aliphatic heterocycles. The maximum Gasteiger partial charge on any atom is 0.119 e. The van der Waals surface area contributed by atoms with Gasteiger partial charge in [-0.1, -0.05) is 13.8 Å². The Balaban J connectivity index is 1.83. The second kappa shape index (κ2) is 3.35. The summed E-state index contributed by atoms with van der Waals surface area (Å²) in [5.74, 6) is 1.42. The van der Waals surface area contributed by atoms with Crippen LogP contribution in [0.4, 0.5) is 0 Å². The molecule has 1 saturated carbocycles. The van der Waals surface area contributed by atoms with Gasteiger partial charge in [-0.15, -0.1) is 10.2 Å². The lowest BCUT2D eigenvalue weighted by atomic mass is 10.0. The standard InChI is InChI=1S/C10H18N4/c1-8(2)9-5-10(9,11)3-4-14-6-12-13-7-14/h6-9H,3-5,11H2,1-2H3. The third kappa shape index (κ3) is 1.80. The first-order chi connectivity index (χ1) is 6.62. The van der Waals surface area contributed by atoms with Gasteiger partial charge in [-0.2, -0.15) is 0 Å². The van der Waals surface area contributed by atoms with Crippen LogP contribution in [0.3, 0.4) is 0 Å². The van der Waals surface area contributed by atoms with Gasteiger partial charge in [0.15, 0.2) is 0 Å². The van der Waals surface area contributed by atoms with Crippen LogP contribution in [0.15, 0.2) is 12.7 Å². The fraction of sp³-hybridized carbons (Fsp3) is 0.800. The van der Waals surface area contributed by atoms with Gasteiger partial charge < -0.3 is 10.3 Å². The zero-order chi connectivity index (χ0) is 10.2. The molecule has 2 unspecified atom stereocenters. The van der Waals surface area contributed by atoms with Gasteiger partial charge in [0.1, 0.15) is 12.7 Å². The highest BCUT2D eigenvalue weighted by molar-refractivity contribution is 5.08. The lowest BCUT2D eigenvalue weighted by molar-refractivity contribution is 0.434. The predicted molar refractivity (Wildman–Crippen MR) is 54.5 cm³/mol. The second-order valence-electron chi connectivity index (χ2n) is 4.74. The largest absolute Gasteiger partial charge is 0.325 e. The van der Waals surface area contributed by atoms with Crippen molar-refractivity contribution in [1.82, 2.24) is 14.8 Å². The van der Waals surface area contributed by atoms with Crippen molar-refractivity contribution in [1.29, 1.82) is 0 Å². The van der Waals surface area contributed by atoms with Crippen molar-refractivity contribution in [3.8, 4) is 0 Å². The fourth-order valence-electron chi connectivity index (χ4n) is 2.21. The van der Waals surface area contributed by atoms with Crippen molar-refractivity contribution in [3.63, 3.8) is 0 Å². The quantitative estimate of drug-likeness (QED) is 0.779. The van der Waals surface area contributed by atoms with Crippen LogP contribution < -0.4 is 5.73 Å². The number of aryl methyl sites for hydroxylation is 1. The van der Waals surface area contributed by atoms with E-state index in [1.807, 2.05) is 4.57 Å². The molecule has 0 saturated heterocycles. The number of hydrogen-bond donors (Lipinski definition) is 1. The summed E-state index contributed by atoms with van der Waals surface area (Å²) in [4.78, 5) is 0. The zero-order valence-electron chi connectivity index (χ0n) is 8.85. The minimum absolute atomic E-state index is 0.0818. The number of rotatable bonds is 4. The fourth-order valence-corrected chi connectivity index (χ4v) is 2.21. The van der Waals surface area contributed by atoms with E-state index in [4.69, 9.17) is 5.73 Å². The van der Waals surface area contributed by atoms with E-state index >= 15 is 0 Å². The van der Waals surface area contributed by atoms with E-state index in [0.717, 1.165) is 13.0 Å². The van der Waals surface area contributed by atoms with Gasteiger partial charge in [0.05, 0.1) is 0 Å². The first kappa shape index (κ1) is 9.65. The summed E-state index contributed by atoms with van der Waals surface area (Å²) in [5.41, 5.74) is 6.34. The van der Waals surface area contributed by atoms with E-state index < -0.39 is 0 Å². The van der Waals surface area contributed by atoms with E-state index in [0.29, 0.717) is 11.8 Å². The topological polar surface area (TPSA) is 56.7 Å². The Morgan fingerprint density at radius 3 is 2.64 bits per heavy atom. The summed E-state index contributed by atoms with van der Waals surface area (Å²) in [5, 5.41) is 7.54. The average Bonchev–Trinajstić information content (AvgIpc) is 2.63. The Morgan fingerprint density at radius 1 is 1.50 bits per heavy atom. The Kier molecular flexibility index (Phi) is 2.31. The van der Waals surface area contributed by atoms with Gasteiger partial charge in [0.25, 0.3) is 0 Å². The number of nitrogens with two attached hydrogens (primary N) is 1. The highest BCUT2D eigenvalue weighted by Crippen LogP contribution is 2.48. The van der Waals surface area contributed by atoms with Crippen molar-refractivity contribution >= 4 is 0 Å². The molecule has 0 aromatic carbocycles. The van der Waals surface area contributed by atoms with E-state index in [2.05, 4.69) is 24.0 Å². The van der Waals surface area contributed by atoms with Crippen LogP contribution in [0.25, 0.3) is 0 Å². The SMILES string of the molecule is CC(C)C1CC1(N)CCn1cnnc1. The van der Waals surface area contributed by atoms with Crippen LogP contribution in [-0.2, 0) is 6.54 Å². The van der Waals surface area contributed by atoms with E-state index in [9.17, 15) is 0 Å². The van der Waals surface area contributed by atoms with Crippen molar-refractivity contribution in [2.75, 3.05) is 0 Å². The van der Waals surface area contributed by atoms with Crippen molar-refractivity contribution in [2.24, 2.45) is 17.6 Å². The maximum atomic E-state index is 6.25. The van der Waals surface area contributed by atoms with Gasteiger partial charge in [-0.05, 0) is 24.7 Å². The Labute approximate surface area is 84.5 Å². The lowest BCUT2D eigenvalue weighted by Crippen LogP contribution is -2.28. The molecule has 1 heterocycles. The van der Waals surface area contributed by atoms with Gasteiger partial charge in [-0.3, -0.25) is 0 Å². The molecule has 78 valence electrons. The van der Waals surface area contributed by atoms with Crippen molar-refractivity contribution in [3.05, 3.63) is 12.7 Å². The minimum atomic E-state index is 0.0818. The first-order valence-corrected chi connectivity index (χ1v) is 5.23. The monoisotopic (exact) mass is 194 g/mol. The molecule has 1 aliphatic carbocycles. The van der Waals surface area contributed by atoms with Crippen LogP contribution >= 0.6 is 0 Å². The van der Waals surface area contributed by atoms with Crippen LogP contribution in [0, 0.1) is 11.8 Å². The lowest BCUT2D eigenvalue weighted by Gasteiger charge is -2.13. The molecule has 4 heteroatoms. The molecule has 0 radical (unpaired) electrons. The molecular weight excluding hydrogens is 176 g/mol. The number of aromatic nitrogens is 3. The molecule has 1 fully saturated rings. The molecule has 0 amide bonds. The van der Waals surface area contributed by atoms with Crippen molar-refractivity contribution < 1.29 is 0 Å². The second-order valence-corrected chi connectivity index (χ2v) is 4.74. The molecule has 2 rings (SSSR count). The van der Waals surface area contributed by atoms with Crippen LogP contribution in [0.2, 0.25) is 0 Å². The third-order valence-corrected chi connectivity index (χ3v) is 3.29. The third-order valence-electron chi connectivity index (χ3n) is 3.29. The summed E-state index contributed by atoms with van der Waals surface area (Å²) < 4.78 is 1.99. The van der Waals surface area contributed by atoms with E-state index in [-0.39, 0.29) is 5.54 Å². The summed E-state index contributed by atoms with van der Waals surface area (Å²) in [6, 6.07) is 0. The molecule has 14 heavy (non-hydrogen) atoms. The summed E-state index contributed by atoms with van der Waals surface area (Å²) in [6.45, 7) is 5.43. The molecule has 0 bridgehead atoms. The highest BCUT2D eigenvalue weighted by atomic mass is 15.2. The first-order valence-electron chi connectivity index (χ1n) is 5.23. The van der Waals surface area contributed by atoms with Gasteiger partial charge in [0, 0.05) is 12.1 Å². The molecule has 4 nitrogen and oxygen atoms in total. The van der Waals surface area contributed by atoms with Crippen molar-refractivity contribution in [2.45, 2.75) is 38.8 Å². The highest BCUT2D eigenvalue weighted by Gasteiger charge is 2.51. The maximum absolute atomic E-state index is 6.25. The van der Waals surface area contributed by atoms with E-state index in [1.54, 1.807) is 12.7 Å². The Hall–Kier alpha value is -0.900. The molecule has 2 N–H and O–H groups in total. The number of hydrogen-bond acceptors (Lipinski definition) is 3. The average molecular weight is 194 g/mol. The van der Waals surface area contributed by atoms with Gasteiger partial charge in [0.2, 0.25) is 0 Å². The summed E-state index contributed by atoms with van der Waals surface area (Å²) >= 11 is 0. The molecule has 2 atom stereocenters. The molecule has 1 aromatic heterocycles. The van der Waals surface area contributed by atoms with Crippen LogP contribution in [-0.4, -0.2) is 20.3 Å².